The summed E-state index contributed by atoms with van der Waals surface area (Å²) >= 11 is 0. The van der Waals surface area contributed by atoms with Gasteiger partial charge in [0.2, 0.25) is 65.0 Å². The van der Waals surface area contributed by atoms with Crippen LogP contribution in [0.1, 0.15) is 150 Å². The van der Waals surface area contributed by atoms with Gasteiger partial charge in [-0.1, -0.05) is 102 Å². The van der Waals surface area contributed by atoms with Crippen LogP contribution in [0.5, 0.6) is 0 Å². The van der Waals surface area contributed by atoms with E-state index in [-0.39, 0.29) is 54.8 Å². The first-order valence-corrected chi connectivity index (χ1v) is 29.5. The Hall–Kier alpha value is -6.13. The zero-order valence-corrected chi connectivity index (χ0v) is 54.9. The van der Waals surface area contributed by atoms with Crippen LogP contribution in [-0.4, -0.2) is 221 Å². The Morgan fingerprint density at radius 3 is 1.35 bits per heavy atom. The van der Waals surface area contributed by atoms with Gasteiger partial charge in [0.1, 0.15) is 54.4 Å². The highest BCUT2D eigenvalue weighted by Crippen LogP contribution is 2.25. The molecule has 23 heteroatoms. The van der Waals surface area contributed by atoms with Gasteiger partial charge in [-0.05, 0) is 95.3 Å². The van der Waals surface area contributed by atoms with Crippen LogP contribution < -0.4 is 21.7 Å². The zero-order valence-electron chi connectivity index (χ0n) is 54.9. The van der Waals surface area contributed by atoms with Crippen molar-refractivity contribution in [2.24, 2.45) is 47.2 Å². The van der Waals surface area contributed by atoms with Crippen molar-refractivity contribution in [3.05, 3.63) is 12.2 Å². The number of aliphatic hydroxyl groups excluding tert-OH is 1. The van der Waals surface area contributed by atoms with Gasteiger partial charge in [-0.25, -0.2) is 0 Å². The highest BCUT2D eigenvalue weighted by molar-refractivity contribution is 5.98. The molecule has 476 valence electrons. The number of carbonyl (C=O) groups is 11. The third-order valence-corrected chi connectivity index (χ3v) is 15.8. The van der Waals surface area contributed by atoms with E-state index < -0.39 is 138 Å². The fourth-order valence-electron chi connectivity index (χ4n) is 9.65. The normalized spacial score (nSPS) is 16.1. The number of nitrogens with two attached hydrogens (primary N) is 1. The van der Waals surface area contributed by atoms with E-state index in [2.05, 4.69) is 16.0 Å². The molecule has 0 spiro atoms. The molecule has 0 aliphatic carbocycles. The Kier molecular flexibility index (Phi) is 32.6. The minimum absolute atomic E-state index is 0.0388. The first-order chi connectivity index (χ1) is 38.2. The van der Waals surface area contributed by atoms with Gasteiger partial charge in [0.25, 0.3) is 0 Å². The van der Waals surface area contributed by atoms with Gasteiger partial charge in [0.15, 0.2) is 0 Å². The number of likely N-dealkylation sites (N-methyl/N-ethyl adjacent to an activating group) is 7. The van der Waals surface area contributed by atoms with Gasteiger partial charge in [-0.3, -0.25) is 52.7 Å². The fraction of sp³-hybridized carbons (Fsp3) is 0.783. The number of hydrogen-bond donors (Lipinski definition) is 5. The van der Waals surface area contributed by atoms with Crippen molar-refractivity contribution in [2.75, 3.05) is 55.9 Å². The second-order valence-corrected chi connectivity index (χ2v) is 24.8. The number of nitrogens with zero attached hydrogens (tertiary/aromatic N) is 7. The summed E-state index contributed by atoms with van der Waals surface area (Å²) in [4.78, 5) is 161. The standard InChI is InChI=1S/C60H109N11O12/c1-25-27-28-38(13)50(73)49(54(77)64-43(26-2)57(80)65(18)32-47(72)66(19)42(17)51(61)74)71(24)60(83)48(37(11)12)70(23)59(82)46(31-35(7)8)69(22)58(81)45(30-34(5)6)68(21)56(79)41(16)63-52(75)40(15)62-53(76)44(29-33(3)4)67(20)55(78)39(14)36(9)10/h25,27,33-46,48-50,73H,26,28-32H2,1-24H3,(H2,61,74)(H,62,76)(H,63,75)(H,64,77)/b27-25-/t38-,39-,40-,41+,42-,43+,44+,45-,46-,48+,49?,50+/m1/s1. The van der Waals surface area contributed by atoms with Crippen molar-refractivity contribution in [2.45, 2.75) is 210 Å². The van der Waals surface area contributed by atoms with Crippen molar-refractivity contribution >= 4 is 65.0 Å². The molecule has 6 N–H and O–H groups in total. The quantitative estimate of drug-likeness (QED) is 0.0582. The second-order valence-electron chi connectivity index (χ2n) is 24.8. The van der Waals surface area contributed by atoms with Crippen molar-refractivity contribution in [3.63, 3.8) is 0 Å². The molecule has 0 saturated carbocycles. The van der Waals surface area contributed by atoms with E-state index in [4.69, 9.17) is 5.73 Å². The monoisotopic (exact) mass is 1180 g/mol. The van der Waals surface area contributed by atoms with Gasteiger partial charge >= 0.3 is 0 Å². The number of allylic oxidation sites excluding steroid dienone is 2. The van der Waals surface area contributed by atoms with Gasteiger partial charge in [0.05, 0.1) is 12.6 Å². The molecule has 11 amide bonds. The molecular formula is C60H109N11O12. The molecule has 0 aliphatic rings. The summed E-state index contributed by atoms with van der Waals surface area (Å²) in [5.41, 5.74) is 5.38. The van der Waals surface area contributed by atoms with Crippen LogP contribution in [0, 0.1) is 41.4 Å². The average Bonchev–Trinajstić information content (AvgIpc) is 3.44. The molecule has 0 fully saturated rings. The lowest BCUT2D eigenvalue weighted by Crippen LogP contribution is -2.63. The van der Waals surface area contributed by atoms with Crippen LogP contribution in [0.3, 0.4) is 0 Å². The number of rotatable bonds is 34. The Morgan fingerprint density at radius 1 is 0.482 bits per heavy atom. The molecule has 0 bridgehead atoms. The van der Waals surface area contributed by atoms with Crippen LogP contribution in [0.25, 0.3) is 0 Å². The second kappa shape index (κ2) is 35.2. The van der Waals surface area contributed by atoms with Gasteiger partial charge in [-0.15, -0.1) is 0 Å². The highest BCUT2D eigenvalue weighted by atomic mass is 16.3. The van der Waals surface area contributed by atoms with Crippen molar-refractivity contribution in [1.29, 1.82) is 0 Å². The van der Waals surface area contributed by atoms with Gasteiger partial charge < -0.3 is 61.1 Å². The lowest BCUT2D eigenvalue weighted by molar-refractivity contribution is -0.157. The summed E-state index contributed by atoms with van der Waals surface area (Å²) in [6.45, 7) is 29.5. The number of amides is 11. The first-order valence-electron chi connectivity index (χ1n) is 29.5. The van der Waals surface area contributed by atoms with Crippen LogP contribution in [0.2, 0.25) is 0 Å². The smallest absolute Gasteiger partial charge is 0.246 e. The molecule has 0 saturated heterocycles. The number of primary amides is 1. The lowest BCUT2D eigenvalue weighted by atomic mass is 9.91. The number of hydrogen-bond acceptors (Lipinski definition) is 12. The Balaban J connectivity index is 7.03. The summed E-state index contributed by atoms with van der Waals surface area (Å²) in [5.74, 6) is -8.52. The maximum absolute atomic E-state index is 15.1. The molecule has 0 radical (unpaired) electrons. The summed E-state index contributed by atoms with van der Waals surface area (Å²) in [7, 11) is 9.98. The number of carbonyl (C=O) groups excluding carboxylic acids is 11. The van der Waals surface area contributed by atoms with Crippen LogP contribution >= 0.6 is 0 Å². The van der Waals surface area contributed by atoms with E-state index in [1.807, 2.05) is 55.4 Å². The fourth-order valence-corrected chi connectivity index (χ4v) is 9.65. The summed E-state index contributed by atoms with van der Waals surface area (Å²) in [5, 5.41) is 20.0. The molecule has 0 aromatic rings. The molecule has 0 rings (SSSR count). The molecule has 0 aromatic carbocycles. The maximum atomic E-state index is 15.1. The van der Waals surface area contributed by atoms with Crippen LogP contribution in [0.4, 0.5) is 0 Å². The molecule has 0 aromatic heterocycles. The van der Waals surface area contributed by atoms with Crippen molar-refractivity contribution in [3.8, 4) is 0 Å². The first kappa shape index (κ1) is 76.9. The molecule has 83 heavy (non-hydrogen) atoms. The molecular weight excluding hydrogens is 1070 g/mol. The molecule has 23 nitrogen and oxygen atoms in total. The van der Waals surface area contributed by atoms with E-state index in [1.54, 1.807) is 60.7 Å². The lowest BCUT2D eigenvalue weighted by Gasteiger charge is -2.41. The predicted octanol–water partition coefficient (Wildman–Crippen LogP) is 2.87. The van der Waals surface area contributed by atoms with Crippen LogP contribution in [0.15, 0.2) is 12.2 Å². The number of aliphatic hydroxyl groups is 1. The van der Waals surface area contributed by atoms with Crippen LogP contribution in [-0.2, 0) is 52.7 Å². The topological polar surface area (TPSA) is 293 Å². The summed E-state index contributed by atoms with van der Waals surface area (Å²) in [6, 6.07) is -10.5. The van der Waals surface area contributed by atoms with E-state index in [0.29, 0.717) is 12.8 Å². The average molecular weight is 1180 g/mol. The van der Waals surface area contributed by atoms with E-state index in [1.165, 1.54) is 82.7 Å². The number of nitrogens with one attached hydrogen (secondary N) is 3. The minimum Gasteiger partial charge on any atom is -0.390 e. The maximum Gasteiger partial charge on any atom is 0.246 e. The Bertz CT molecular complexity index is 2240. The minimum atomic E-state index is -1.59. The summed E-state index contributed by atoms with van der Waals surface area (Å²) < 4.78 is 0. The molecule has 0 heterocycles. The molecule has 0 aliphatic heterocycles. The van der Waals surface area contributed by atoms with Crippen molar-refractivity contribution < 1.29 is 57.8 Å². The SMILES string of the molecule is C/C=C\C[C@@H](C)[C@H](O)C(C(=O)N[C@@H](CC)C(=O)N(C)CC(=O)N(C)[C@H](C)C(N)=O)N(C)C(=O)[C@H](C(C)C)N(C)C(=O)[C@@H](CC(C)C)N(C)C(=O)[C@@H](CC(C)C)N(C)C(=O)[C@H](C)NC(=O)[C@@H](C)NC(=O)[C@H](CC(C)C)N(C)C(=O)[C@H](C)C(C)C. The molecule has 12 atom stereocenters. The third kappa shape index (κ3) is 22.4. The van der Waals surface area contributed by atoms with E-state index in [0.717, 1.165) is 14.7 Å². The largest absolute Gasteiger partial charge is 0.390 e. The van der Waals surface area contributed by atoms with E-state index >= 15 is 9.59 Å². The zero-order chi connectivity index (χ0) is 65.0. The Labute approximate surface area is 496 Å². The van der Waals surface area contributed by atoms with Gasteiger partial charge in [-0.2, -0.15) is 0 Å². The predicted molar refractivity (Wildman–Crippen MR) is 321 cm³/mol. The van der Waals surface area contributed by atoms with Crippen molar-refractivity contribution in [1.82, 2.24) is 50.2 Å². The molecule has 1 unspecified atom stereocenters. The third-order valence-electron chi connectivity index (χ3n) is 15.8. The van der Waals surface area contributed by atoms with Gasteiger partial charge in [0, 0.05) is 55.3 Å². The Morgan fingerprint density at radius 2 is 0.916 bits per heavy atom. The highest BCUT2D eigenvalue weighted by Gasteiger charge is 2.45. The summed E-state index contributed by atoms with van der Waals surface area (Å²) in [6.07, 6.45) is 3.11. The van der Waals surface area contributed by atoms with E-state index in [9.17, 15) is 48.3 Å².